The monoisotopic (exact) mass is 541 g/mol. The first-order chi connectivity index (χ1) is 18.7. The van der Waals surface area contributed by atoms with Crippen molar-refractivity contribution < 1.29 is 36.6 Å². The van der Waals surface area contributed by atoms with E-state index in [1.54, 1.807) is 41.2 Å². The van der Waals surface area contributed by atoms with Crippen molar-refractivity contribution in [1.82, 2.24) is 15.2 Å². The van der Waals surface area contributed by atoms with E-state index in [0.717, 1.165) is 12.1 Å². The van der Waals surface area contributed by atoms with E-state index in [4.69, 9.17) is 4.74 Å². The van der Waals surface area contributed by atoms with Crippen LogP contribution in [0.2, 0.25) is 0 Å². The largest absolute Gasteiger partial charge is 0.497 e. The molecule has 2 aliphatic rings. The lowest BCUT2D eigenvalue weighted by atomic mass is 9.88. The van der Waals surface area contributed by atoms with Crippen LogP contribution in [0.4, 0.5) is 28.0 Å². The SMILES string of the molecule is COc1ccc([N+]2=CC(c3ccc(C(F)(F)F)cc3)C(c3cccc(F)c3)N2C(=O)N2CCNC(=O)C2)cc1. The number of ether oxygens (including phenoxy) is 1. The summed E-state index contributed by atoms with van der Waals surface area (Å²) < 4.78 is 61.1. The van der Waals surface area contributed by atoms with Crippen LogP contribution in [0, 0.1) is 5.82 Å². The Labute approximate surface area is 221 Å². The molecule has 11 heteroatoms. The molecule has 1 fully saturated rings. The molecular weight excluding hydrogens is 516 g/mol. The molecule has 2 heterocycles. The summed E-state index contributed by atoms with van der Waals surface area (Å²) >= 11 is 0. The normalized spacial score (nSPS) is 19.5. The molecule has 39 heavy (non-hydrogen) atoms. The third-order valence-electron chi connectivity index (χ3n) is 6.79. The zero-order valence-electron chi connectivity index (χ0n) is 20.9. The highest BCUT2D eigenvalue weighted by Crippen LogP contribution is 2.43. The molecule has 0 saturated carbocycles. The summed E-state index contributed by atoms with van der Waals surface area (Å²) in [4.78, 5) is 27.5. The third kappa shape index (κ3) is 5.29. The molecule has 3 amide bonds. The van der Waals surface area contributed by atoms with Gasteiger partial charge in [0.2, 0.25) is 11.6 Å². The summed E-state index contributed by atoms with van der Waals surface area (Å²) in [6.45, 7) is 0.378. The molecule has 1 N–H and O–H groups in total. The van der Waals surface area contributed by atoms with Crippen LogP contribution in [-0.2, 0) is 11.0 Å². The first kappa shape index (κ1) is 26.2. The number of nitrogens with zero attached hydrogens (tertiary/aromatic N) is 3. The van der Waals surface area contributed by atoms with E-state index in [9.17, 15) is 27.2 Å². The summed E-state index contributed by atoms with van der Waals surface area (Å²) in [6, 6.07) is 16.0. The van der Waals surface area contributed by atoms with Gasteiger partial charge in [-0.3, -0.25) is 4.79 Å². The predicted molar refractivity (Wildman–Crippen MR) is 134 cm³/mol. The molecule has 2 aliphatic heterocycles. The van der Waals surface area contributed by atoms with Gasteiger partial charge in [-0.25, -0.2) is 9.18 Å². The fraction of sp³-hybridized carbons (Fsp3) is 0.250. The van der Waals surface area contributed by atoms with Gasteiger partial charge in [-0.05, 0) is 47.5 Å². The lowest BCUT2D eigenvalue weighted by Crippen LogP contribution is -2.55. The lowest BCUT2D eigenvalue weighted by Gasteiger charge is -2.32. The Hall–Kier alpha value is -4.41. The second-order valence-corrected chi connectivity index (χ2v) is 9.24. The third-order valence-corrected chi connectivity index (χ3v) is 6.79. The number of methoxy groups -OCH3 is 1. The van der Waals surface area contributed by atoms with Crippen molar-refractivity contribution in [3.05, 3.63) is 95.3 Å². The molecule has 5 rings (SSSR count). The van der Waals surface area contributed by atoms with E-state index in [1.807, 2.05) is 0 Å². The van der Waals surface area contributed by atoms with Gasteiger partial charge in [0.1, 0.15) is 24.2 Å². The molecule has 1 saturated heterocycles. The van der Waals surface area contributed by atoms with Gasteiger partial charge in [0.15, 0.2) is 6.21 Å². The number of halogens is 4. The van der Waals surface area contributed by atoms with Crippen LogP contribution >= 0.6 is 0 Å². The standard InChI is InChI=1S/C28H24F4N4O3/c1-39-23-11-9-22(10-12-23)35-16-24(18-5-7-20(8-6-18)28(30,31)32)26(19-3-2-4-21(29)15-19)36(35)27(38)34-14-13-33-25(37)17-34/h2-12,15-16,24,26H,13-14,17H2,1H3/p+1. The topological polar surface area (TPSA) is 64.9 Å². The molecule has 202 valence electrons. The van der Waals surface area contributed by atoms with Crippen molar-refractivity contribution in [2.75, 3.05) is 26.7 Å². The van der Waals surface area contributed by atoms with E-state index in [1.165, 1.54) is 47.4 Å². The Kier molecular flexibility index (Phi) is 6.98. The van der Waals surface area contributed by atoms with E-state index in [0.29, 0.717) is 22.6 Å². The minimum atomic E-state index is -4.51. The Morgan fingerprint density at radius 3 is 2.36 bits per heavy atom. The van der Waals surface area contributed by atoms with Crippen LogP contribution in [0.1, 0.15) is 28.7 Å². The molecule has 7 nitrogen and oxygen atoms in total. The van der Waals surface area contributed by atoms with Gasteiger partial charge in [-0.1, -0.05) is 34.0 Å². The van der Waals surface area contributed by atoms with Gasteiger partial charge in [-0.15, -0.1) is 0 Å². The number of carbonyl (C=O) groups excluding carboxylic acids is 2. The zero-order chi connectivity index (χ0) is 27.7. The summed E-state index contributed by atoms with van der Waals surface area (Å²) in [5.41, 5.74) is 0.719. The van der Waals surface area contributed by atoms with Gasteiger partial charge >= 0.3 is 12.2 Å². The minimum absolute atomic E-state index is 0.160. The van der Waals surface area contributed by atoms with Crippen LogP contribution in [0.25, 0.3) is 0 Å². The predicted octanol–water partition coefficient (Wildman–Crippen LogP) is 4.88. The van der Waals surface area contributed by atoms with E-state index >= 15 is 0 Å². The summed E-state index contributed by atoms with van der Waals surface area (Å²) in [6.07, 6.45) is -2.78. The number of hydrogen-bond acceptors (Lipinski definition) is 3. The highest BCUT2D eigenvalue weighted by atomic mass is 19.4. The van der Waals surface area contributed by atoms with Gasteiger partial charge < -0.3 is 15.0 Å². The second-order valence-electron chi connectivity index (χ2n) is 9.24. The molecule has 0 bridgehead atoms. The van der Waals surface area contributed by atoms with Crippen molar-refractivity contribution in [2.45, 2.75) is 18.1 Å². The van der Waals surface area contributed by atoms with E-state index in [2.05, 4.69) is 5.32 Å². The van der Waals surface area contributed by atoms with Crippen molar-refractivity contribution in [3.8, 4) is 5.75 Å². The van der Waals surface area contributed by atoms with Gasteiger partial charge in [0.25, 0.3) is 0 Å². The molecule has 0 radical (unpaired) electrons. The van der Waals surface area contributed by atoms with Gasteiger partial charge in [0.05, 0.1) is 18.6 Å². The molecule has 0 aliphatic carbocycles. The minimum Gasteiger partial charge on any atom is -0.497 e. The maximum absolute atomic E-state index is 14.4. The molecule has 0 spiro atoms. The van der Waals surface area contributed by atoms with Crippen molar-refractivity contribution in [2.24, 2.45) is 0 Å². The van der Waals surface area contributed by atoms with E-state index in [-0.39, 0.29) is 25.5 Å². The first-order valence-corrected chi connectivity index (χ1v) is 12.2. The summed E-state index contributed by atoms with van der Waals surface area (Å²) in [5, 5.41) is 4.12. The number of hydrazine groups is 1. The Morgan fingerprint density at radius 2 is 1.74 bits per heavy atom. The summed E-state index contributed by atoms with van der Waals surface area (Å²) in [7, 11) is 1.52. The number of carbonyl (C=O) groups is 2. The zero-order valence-corrected chi connectivity index (χ0v) is 20.9. The van der Waals surface area contributed by atoms with Gasteiger partial charge in [0, 0.05) is 25.2 Å². The maximum Gasteiger partial charge on any atom is 0.416 e. The Morgan fingerprint density at radius 1 is 1.03 bits per heavy atom. The molecule has 2 atom stereocenters. The second kappa shape index (κ2) is 10.4. The smallest absolute Gasteiger partial charge is 0.416 e. The Bertz CT molecular complexity index is 1410. The average Bonchev–Trinajstić information content (AvgIpc) is 3.33. The molecule has 0 aromatic heterocycles. The number of nitrogens with one attached hydrogen (secondary N) is 1. The first-order valence-electron chi connectivity index (χ1n) is 12.2. The van der Waals surface area contributed by atoms with Crippen LogP contribution in [0.5, 0.6) is 5.75 Å². The van der Waals surface area contributed by atoms with Crippen molar-refractivity contribution >= 4 is 23.8 Å². The number of rotatable bonds is 4. The Balaban J connectivity index is 1.65. The molecule has 3 aromatic carbocycles. The van der Waals surface area contributed by atoms with E-state index < -0.39 is 35.5 Å². The van der Waals surface area contributed by atoms with Crippen molar-refractivity contribution in [3.63, 3.8) is 0 Å². The molecule has 3 aromatic rings. The number of hydrogen-bond donors (Lipinski definition) is 1. The van der Waals surface area contributed by atoms with Crippen molar-refractivity contribution in [1.29, 1.82) is 0 Å². The lowest BCUT2D eigenvalue weighted by molar-refractivity contribution is -0.596. The fourth-order valence-electron chi connectivity index (χ4n) is 4.90. The van der Waals surface area contributed by atoms with Crippen LogP contribution in [0.3, 0.4) is 0 Å². The average molecular weight is 542 g/mol. The van der Waals surface area contributed by atoms with Gasteiger partial charge in [-0.2, -0.15) is 13.2 Å². The number of amides is 3. The highest BCUT2D eigenvalue weighted by molar-refractivity contribution is 5.86. The fourth-order valence-corrected chi connectivity index (χ4v) is 4.90. The number of hydrazone groups is 1. The number of piperazine rings is 1. The summed E-state index contributed by atoms with van der Waals surface area (Å²) in [5.74, 6) is -0.884. The highest BCUT2D eigenvalue weighted by Gasteiger charge is 2.50. The molecule has 2 unspecified atom stereocenters. The van der Waals surface area contributed by atoms with Crippen LogP contribution in [0.15, 0.2) is 72.8 Å². The number of alkyl halides is 3. The quantitative estimate of drug-likeness (QED) is 0.379. The van der Waals surface area contributed by atoms with Crippen LogP contribution < -0.4 is 10.1 Å². The number of benzene rings is 3. The number of urea groups is 1. The molecular formula is C28H25F4N4O3+. The maximum atomic E-state index is 14.4. The van der Waals surface area contributed by atoms with Crippen LogP contribution in [-0.4, -0.2) is 59.5 Å².